The number of sulfonamides is 1. The number of amides is 1. The zero-order chi connectivity index (χ0) is 20.7. The van der Waals surface area contributed by atoms with Gasteiger partial charge in [0.2, 0.25) is 10.0 Å². The van der Waals surface area contributed by atoms with Crippen LogP contribution in [0.25, 0.3) is 0 Å². The van der Waals surface area contributed by atoms with Gasteiger partial charge in [-0.3, -0.25) is 4.79 Å². The van der Waals surface area contributed by atoms with E-state index in [1.54, 1.807) is 19.9 Å². The second-order valence-electron chi connectivity index (χ2n) is 6.60. The lowest BCUT2D eigenvalue weighted by Crippen LogP contribution is -2.35. The van der Waals surface area contributed by atoms with Gasteiger partial charge in [0.25, 0.3) is 5.91 Å². The van der Waals surface area contributed by atoms with Crippen LogP contribution in [0, 0.1) is 13.8 Å². The Bertz CT molecular complexity index is 926. The van der Waals surface area contributed by atoms with Crippen molar-refractivity contribution < 1.29 is 13.2 Å². The average molecular weight is 404 g/mol. The van der Waals surface area contributed by atoms with Crippen LogP contribution in [0.1, 0.15) is 35.3 Å². The van der Waals surface area contributed by atoms with E-state index in [4.69, 9.17) is 0 Å². The van der Waals surface area contributed by atoms with Crippen LogP contribution in [-0.2, 0) is 10.0 Å². The van der Waals surface area contributed by atoms with Crippen LogP contribution < -0.4 is 14.9 Å². The van der Waals surface area contributed by atoms with E-state index >= 15 is 0 Å². The second kappa shape index (κ2) is 9.71. The van der Waals surface area contributed by atoms with Crippen LogP contribution in [0.15, 0.2) is 47.4 Å². The summed E-state index contributed by atoms with van der Waals surface area (Å²) in [6, 6.07) is 12.7. The molecular formula is C21H29N3O3S. The standard InChI is InChI=1S/C21H29N3O3S/c1-5-23-28(26,27)18-12-11-16(3)19(15-18)21(25)22-13-14-24(6-2)20-10-8-7-9-17(20)4/h7-12,15,23H,5-6,13-14H2,1-4H3,(H,22,25). The number of nitrogens with one attached hydrogen (secondary N) is 2. The Balaban J connectivity index is 2.08. The first kappa shape index (κ1) is 21.9. The zero-order valence-electron chi connectivity index (χ0n) is 17.0. The number of aryl methyl sites for hydroxylation is 2. The molecule has 1 amide bonds. The van der Waals surface area contributed by atoms with Gasteiger partial charge in [0, 0.05) is 37.4 Å². The van der Waals surface area contributed by atoms with Gasteiger partial charge in [0.15, 0.2) is 0 Å². The van der Waals surface area contributed by atoms with E-state index in [9.17, 15) is 13.2 Å². The van der Waals surface area contributed by atoms with Crippen molar-refractivity contribution >= 4 is 21.6 Å². The summed E-state index contributed by atoms with van der Waals surface area (Å²) in [5.74, 6) is -0.271. The summed E-state index contributed by atoms with van der Waals surface area (Å²) in [5, 5.41) is 2.91. The van der Waals surface area contributed by atoms with Gasteiger partial charge in [-0.05, 0) is 50.1 Å². The van der Waals surface area contributed by atoms with E-state index in [2.05, 4.69) is 40.9 Å². The second-order valence-corrected chi connectivity index (χ2v) is 8.37. The quantitative estimate of drug-likeness (QED) is 0.675. The molecule has 0 aliphatic carbocycles. The third kappa shape index (κ3) is 5.33. The lowest BCUT2D eigenvalue weighted by molar-refractivity contribution is 0.0954. The Morgan fingerprint density at radius 1 is 1.04 bits per heavy atom. The average Bonchev–Trinajstić information content (AvgIpc) is 2.66. The van der Waals surface area contributed by atoms with Crippen LogP contribution >= 0.6 is 0 Å². The molecule has 0 aliphatic heterocycles. The Labute approximate surface area is 168 Å². The molecule has 0 saturated carbocycles. The molecule has 0 spiro atoms. The number of carbonyl (C=O) groups excluding carboxylic acids is 1. The smallest absolute Gasteiger partial charge is 0.251 e. The molecule has 0 fully saturated rings. The van der Waals surface area contributed by atoms with Crippen molar-refractivity contribution in [2.75, 3.05) is 31.1 Å². The van der Waals surface area contributed by atoms with Gasteiger partial charge < -0.3 is 10.2 Å². The number of para-hydroxylation sites is 1. The van der Waals surface area contributed by atoms with Crippen molar-refractivity contribution in [2.45, 2.75) is 32.6 Å². The molecule has 0 radical (unpaired) electrons. The number of hydrogen-bond donors (Lipinski definition) is 2. The molecular weight excluding hydrogens is 374 g/mol. The number of rotatable bonds is 9. The first-order valence-electron chi connectivity index (χ1n) is 9.49. The molecule has 0 aliphatic rings. The Morgan fingerprint density at radius 2 is 1.75 bits per heavy atom. The summed E-state index contributed by atoms with van der Waals surface area (Å²) in [5.41, 5.74) is 3.44. The van der Waals surface area contributed by atoms with Crippen molar-refractivity contribution in [3.63, 3.8) is 0 Å². The molecule has 2 aromatic carbocycles. The summed E-state index contributed by atoms with van der Waals surface area (Å²) in [7, 11) is -3.60. The minimum absolute atomic E-state index is 0.0974. The Morgan fingerprint density at radius 3 is 2.39 bits per heavy atom. The van der Waals surface area contributed by atoms with Crippen molar-refractivity contribution in [2.24, 2.45) is 0 Å². The van der Waals surface area contributed by atoms with Crippen molar-refractivity contribution in [1.82, 2.24) is 10.0 Å². The molecule has 6 nitrogen and oxygen atoms in total. The molecule has 7 heteroatoms. The first-order valence-corrected chi connectivity index (χ1v) is 11.0. The van der Waals surface area contributed by atoms with Gasteiger partial charge in [-0.2, -0.15) is 0 Å². The molecule has 0 saturated heterocycles. The van der Waals surface area contributed by atoms with Crippen molar-refractivity contribution in [3.8, 4) is 0 Å². The lowest BCUT2D eigenvalue weighted by atomic mass is 10.1. The van der Waals surface area contributed by atoms with Crippen molar-refractivity contribution in [3.05, 3.63) is 59.2 Å². The molecule has 0 unspecified atom stereocenters. The summed E-state index contributed by atoms with van der Waals surface area (Å²) in [4.78, 5) is 14.9. The molecule has 0 bridgehead atoms. The van der Waals surface area contributed by atoms with Gasteiger partial charge in [0.1, 0.15) is 0 Å². The summed E-state index contributed by atoms with van der Waals surface area (Å²) in [6.45, 7) is 9.91. The van der Waals surface area contributed by atoms with E-state index < -0.39 is 10.0 Å². The van der Waals surface area contributed by atoms with Gasteiger partial charge in [-0.25, -0.2) is 13.1 Å². The van der Waals surface area contributed by atoms with Crippen LogP contribution in [0.4, 0.5) is 5.69 Å². The molecule has 2 rings (SSSR count). The monoisotopic (exact) mass is 403 g/mol. The lowest BCUT2D eigenvalue weighted by Gasteiger charge is -2.25. The van der Waals surface area contributed by atoms with Gasteiger partial charge in [0.05, 0.1) is 4.90 Å². The molecule has 0 aromatic heterocycles. The fraction of sp³-hybridized carbons (Fsp3) is 0.381. The zero-order valence-corrected chi connectivity index (χ0v) is 17.8. The predicted molar refractivity (Wildman–Crippen MR) is 113 cm³/mol. The van der Waals surface area contributed by atoms with Crippen LogP contribution in [0.3, 0.4) is 0 Å². The number of anilines is 1. The fourth-order valence-electron chi connectivity index (χ4n) is 3.05. The maximum absolute atomic E-state index is 12.6. The normalized spacial score (nSPS) is 11.3. The van der Waals surface area contributed by atoms with Crippen LogP contribution in [0.2, 0.25) is 0 Å². The highest BCUT2D eigenvalue weighted by Gasteiger charge is 2.17. The summed E-state index contributed by atoms with van der Waals surface area (Å²) < 4.78 is 26.8. The SMILES string of the molecule is CCNS(=O)(=O)c1ccc(C)c(C(=O)NCCN(CC)c2ccccc2C)c1. The van der Waals surface area contributed by atoms with Gasteiger partial charge in [-0.15, -0.1) is 0 Å². The summed E-state index contributed by atoms with van der Waals surface area (Å²) in [6.07, 6.45) is 0. The van der Waals surface area contributed by atoms with E-state index in [1.165, 1.54) is 17.7 Å². The molecule has 2 N–H and O–H groups in total. The number of nitrogens with zero attached hydrogens (tertiary/aromatic N) is 1. The minimum Gasteiger partial charge on any atom is -0.370 e. The first-order chi connectivity index (χ1) is 13.3. The third-order valence-electron chi connectivity index (χ3n) is 4.60. The highest BCUT2D eigenvalue weighted by atomic mass is 32.2. The van der Waals surface area contributed by atoms with Gasteiger partial charge in [-0.1, -0.05) is 31.2 Å². The Kier molecular flexibility index (Phi) is 7.60. The molecule has 2 aromatic rings. The van der Waals surface area contributed by atoms with E-state index in [0.29, 0.717) is 25.2 Å². The third-order valence-corrected chi connectivity index (χ3v) is 6.15. The highest BCUT2D eigenvalue weighted by molar-refractivity contribution is 7.89. The maximum atomic E-state index is 12.6. The van der Waals surface area contributed by atoms with Crippen molar-refractivity contribution in [1.29, 1.82) is 0 Å². The van der Waals surface area contributed by atoms with E-state index in [-0.39, 0.29) is 10.8 Å². The fourth-order valence-corrected chi connectivity index (χ4v) is 4.12. The Hall–Kier alpha value is -2.38. The van der Waals surface area contributed by atoms with Crippen LogP contribution in [0.5, 0.6) is 0 Å². The molecule has 0 atom stereocenters. The van der Waals surface area contributed by atoms with Gasteiger partial charge >= 0.3 is 0 Å². The number of carbonyl (C=O) groups is 1. The van der Waals surface area contributed by atoms with E-state index in [1.807, 2.05) is 12.1 Å². The number of likely N-dealkylation sites (N-methyl/N-ethyl adjacent to an activating group) is 1. The number of benzene rings is 2. The van der Waals surface area contributed by atoms with E-state index in [0.717, 1.165) is 17.8 Å². The predicted octanol–water partition coefficient (Wildman–Crippen LogP) is 2.86. The molecule has 152 valence electrons. The topological polar surface area (TPSA) is 78.5 Å². The molecule has 0 heterocycles. The molecule has 28 heavy (non-hydrogen) atoms. The summed E-state index contributed by atoms with van der Waals surface area (Å²) >= 11 is 0. The largest absolute Gasteiger partial charge is 0.370 e. The maximum Gasteiger partial charge on any atom is 0.251 e. The van der Waals surface area contributed by atoms with Crippen LogP contribution in [-0.4, -0.2) is 40.5 Å². The number of hydrogen-bond acceptors (Lipinski definition) is 4. The minimum atomic E-state index is -3.60. The highest BCUT2D eigenvalue weighted by Crippen LogP contribution is 2.19.